The minimum atomic E-state index is 0.759. The SMILES string of the molecule is CC1=C[C@@H](C)CC(C)=C1. The Morgan fingerprint density at radius 3 is 2.56 bits per heavy atom. The minimum Gasteiger partial charge on any atom is -0.0784 e. The summed E-state index contributed by atoms with van der Waals surface area (Å²) >= 11 is 0. The summed E-state index contributed by atoms with van der Waals surface area (Å²) in [6.45, 7) is 6.63. The average molecular weight is 122 g/mol. The molecule has 0 fully saturated rings. The maximum absolute atomic E-state index is 2.33. The number of hydrogen-bond donors (Lipinski definition) is 0. The lowest BCUT2D eigenvalue weighted by molar-refractivity contribution is 0.700. The van der Waals surface area contributed by atoms with Gasteiger partial charge >= 0.3 is 0 Å². The van der Waals surface area contributed by atoms with Crippen LogP contribution in [-0.2, 0) is 0 Å². The highest BCUT2D eigenvalue weighted by molar-refractivity contribution is 5.25. The first kappa shape index (κ1) is 6.60. The molecule has 0 heterocycles. The summed E-state index contributed by atoms with van der Waals surface area (Å²) in [5.74, 6) is 0.759. The van der Waals surface area contributed by atoms with Gasteiger partial charge in [-0.3, -0.25) is 0 Å². The first-order valence-electron chi connectivity index (χ1n) is 3.54. The molecule has 1 aliphatic carbocycles. The fourth-order valence-corrected chi connectivity index (χ4v) is 1.51. The molecule has 0 amide bonds. The van der Waals surface area contributed by atoms with Crippen LogP contribution in [0.25, 0.3) is 0 Å². The molecule has 1 atom stereocenters. The van der Waals surface area contributed by atoms with Crippen molar-refractivity contribution in [1.82, 2.24) is 0 Å². The fraction of sp³-hybridized carbons (Fsp3) is 0.556. The molecule has 9 heavy (non-hydrogen) atoms. The predicted octanol–water partition coefficient (Wildman–Crippen LogP) is 2.92. The molecule has 0 N–H and O–H groups in total. The number of hydrogen-bond acceptors (Lipinski definition) is 0. The second kappa shape index (κ2) is 2.38. The predicted molar refractivity (Wildman–Crippen MR) is 41.3 cm³/mol. The van der Waals surface area contributed by atoms with Gasteiger partial charge in [0.25, 0.3) is 0 Å². The van der Waals surface area contributed by atoms with Gasteiger partial charge in [-0.1, -0.05) is 30.2 Å². The van der Waals surface area contributed by atoms with Gasteiger partial charge in [-0.25, -0.2) is 0 Å². The Kier molecular flexibility index (Phi) is 1.75. The van der Waals surface area contributed by atoms with Crippen LogP contribution in [0.15, 0.2) is 23.3 Å². The van der Waals surface area contributed by atoms with E-state index in [1.165, 1.54) is 17.6 Å². The Bertz CT molecular complexity index is 161. The lowest BCUT2D eigenvalue weighted by atomic mass is 9.93. The van der Waals surface area contributed by atoms with Crippen molar-refractivity contribution in [1.29, 1.82) is 0 Å². The molecular formula is C9H14. The third-order valence-corrected chi connectivity index (χ3v) is 1.67. The smallest absolute Gasteiger partial charge is 0.0219 e. The zero-order valence-corrected chi connectivity index (χ0v) is 6.44. The van der Waals surface area contributed by atoms with Crippen LogP contribution in [0.2, 0.25) is 0 Å². The Hall–Kier alpha value is -0.520. The molecule has 50 valence electrons. The van der Waals surface area contributed by atoms with E-state index in [0.29, 0.717) is 0 Å². The molecule has 1 aliphatic rings. The standard InChI is InChI=1S/C9H14/c1-7-4-8(2)6-9(3)5-7/h4-5,8H,6H2,1-3H3/t8-/m1/s1. The molecule has 1 rings (SSSR count). The monoisotopic (exact) mass is 122 g/mol. The zero-order valence-electron chi connectivity index (χ0n) is 6.44. The quantitative estimate of drug-likeness (QED) is 0.463. The normalized spacial score (nSPS) is 27.2. The molecule has 0 aromatic carbocycles. The van der Waals surface area contributed by atoms with Crippen LogP contribution in [0, 0.1) is 5.92 Å². The molecule has 0 bridgehead atoms. The molecule has 0 aliphatic heterocycles. The van der Waals surface area contributed by atoms with Gasteiger partial charge in [0.2, 0.25) is 0 Å². The maximum Gasteiger partial charge on any atom is -0.0219 e. The number of allylic oxidation sites excluding steroid dienone is 4. The van der Waals surface area contributed by atoms with Crippen LogP contribution in [0.5, 0.6) is 0 Å². The Labute approximate surface area is 57.3 Å². The van der Waals surface area contributed by atoms with Crippen molar-refractivity contribution < 1.29 is 0 Å². The summed E-state index contributed by atoms with van der Waals surface area (Å²) in [7, 11) is 0. The van der Waals surface area contributed by atoms with Gasteiger partial charge in [-0.15, -0.1) is 0 Å². The molecule has 0 saturated carbocycles. The molecule has 0 heteroatoms. The fourth-order valence-electron chi connectivity index (χ4n) is 1.51. The first-order valence-corrected chi connectivity index (χ1v) is 3.54. The Morgan fingerprint density at radius 1 is 1.44 bits per heavy atom. The topological polar surface area (TPSA) is 0 Å². The van der Waals surface area contributed by atoms with Crippen molar-refractivity contribution in [2.24, 2.45) is 5.92 Å². The van der Waals surface area contributed by atoms with E-state index in [1.54, 1.807) is 0 Å². The van der Waals surface area contributed by atoms with Gasteiger partial charge in [0.15, 0.2) is 0 Å². The maximum atomic E-state index is 2.33. The van der Waals surface area contributed by atoms with Crippen molar-refractivity contribution >= 4 is 0 Å². The molecule has 0 nitrogen and oxygen atoms in total. The highest BCUT2D eigenvalue weighted by Crippen LogP contribution is 2.20. The number of rotatable bonds is 0. The summed E-state index contributed by atoms with van der Waals surface area (Å²) in [5, 5.41) is 0. The van der Waals surface area contributed by atoms with Gasteiger partial charge in [-0.2, -0.15) is 0 Å². The highest BCUT2D eigenvalue weighted by Gasteiger charge is 2.04. The van der Waals surface area contributed by atoms with E-state index in [2.05, 4.69) is 32.9 Å². The van der Waals surface area contributed by atoms with Crippen LogP contribution in [-0.4, -0.2) is 0 Å². The van der Waals surface area contributed by atoms with Gasteiger partial charge < -0.3 is 0 Å². The van der Waals surface area contributed by atoms with Crippen molar-refractivity contribution in [3.05, 3.63) is 23.3 Å². The molecule has 0 unspecified atom stereocenters. The Balaban J connectivity index is 2.74. The van der Waals surface area contributed by atoms with E-state index >= 15 is 0 Å². The summed E-state index contributed by atoms with van der Waals surface area (Å²) in [6, 6.07) is 0. The molecule has 0 saturated heterocycles. The second-order valence-electron chi connectivity index (χ2n) is 3.08. The van der Waals surface area contributed by atoms with Crippen molar-refractivity contribution in [2.45, 2.75) is 27.2 Å². The summed E-state index contributed by atoms with van der Waals surface area (Å²) in [6.07, 6.45) is 5.84. The molecule has 0 radical (unpaired) electrons. The van der Waals surface area contributed by atoms with Crippen molar-refractivity contribution in [2.75, 3.05) is 0 Å². The largest absolute Gasteiger partial charge is 0.0784 e. The van der Waals surface area contributed by atoms with Crippen LogP contribution in [0.3, 0.4) is 0 Å². The van der Waals surface area contributed by atoms with Gasteiger partial charge in [0.05, 0.1) is 0 Å². The summed E-state index contributed by atoms with van der Waals surface area (Å²) < 4.78 is 0. The minimum absolute atomic E-state index is 0.759. The van der Waals surface area contributed by atoms with Crippen LogP contribution in [0.4, 0.5) is 0 Å². The van der Waals surface area contributed by atoms with Crippen molar-refractivity contribution in [3.8, 4) is 0 Å². The lowest BCUT2D eigenvalue weighted by Crippen LogP contribution is -1.96. The van der Waals surface area contributed by atoms with Crippen LogP contribution in [0.1, 0.15) is 27.2 Å². The van der Waals surface area contributed by atoms with Gasteiger partial charge in [0.1, 0.15) is 0 Å². The van der Waals surface area contributed by atoms with Crippen LogP contribution < -0.4 is 0 Å². The van der Waals surface area contributed by atoms with Gasteiger partial charge in [0, 0.05) is 0 Å². The average Bonchev–Trinajstić information content (AvgIpc) is 1.59. The van der Waals surface area contributed by atoms with Gasteiger partial charge in [-0.05, 0) is 26.2 Å². The summed E-state index contributed by atoms with van der Waals surface area (Å²) in [4.78, 5) is 0. The van der Waals surface area contributed by atoms with Crippen LogP contribution >= 0.6 is 0 Å². The third kappa shape index (κ3) is 1.70. The van der Waals surface area contributed by atoms with Crippen molar-refractivity contribution in [3.63, 3.8) is 0 Å². The van der Waals surface area contributed by atoms with E-state index < -0.39 is 0 Å². The second-order valence-corrected chi connectivity index (χ2v) is 3.08. The van der Waals surface area contributed by atoms with E-state index in [9.17, 15) is 0 Å². The summed E-state index contributed by atoms with van der Waals surface area (Å²) in [5.41, 5.74) is 2.94. The molecular weight excluding hydrogens is 108 g/mol. The lowest BCUT2D eigenvalue weighted by Gasteiger charge is -2.13. The van der Waals surface area contributed by atoms with E-state index in [0.717, 1.165) is 5.92 Å². The molecule has 0 spiro atoms. The third-order valence-electron chi connectivity index (χ3n) is 1.67. The molecule has 0 aromatic heterocycles. The Morgan fingerprint density at radius 2 is 2.11 bits per heavy atom. The first-order chi connectivity index (χ1) is 4.18. The highest BCUT2D eigenvalue weighted by atomic mass is 14.1. The van der Waals surface area contributed by atoms with E-state index in [1.807, 2.05) is 0 Å². The zero-order chi connectivity index (χ0) is 6.85. The molecule has 0 aromatic rings. The van der Waals surface area contributed by atoms with E-state index in [4.69, 9.17) is 0 Å². The van der Waals surface area contributed by atoms with E-state index in [-0.39, 0.29) is 0 Å².